The first-order chi connectivity index (χ1) is 11.0. The zero-order valence-corrected chi connectivity index (χ0v) is 16.0. The maximum Gasteiger partial charge on any atom is 0.225 e. The topological polar surface area (TPSA) is 59.8 Å². The van der Waals surface area contributed by atoms with E-state index in [1.165, 1.54) is 17.8 Å². The number of hydrogen-bond acceptors (Lipinski definition) is 4. The standard InChI is InChI=1S/C16H21BrN4OS/c1-9(7-21-11(3)14(17)10(2)20-21)15(22)18-6-13-8-23-16(19-13)12-4-5-12/h8-9,12H,4-7H2,1-3H3,(H,18,22). The third-order valence-electron chi connectivity index (χ3n) is 4.13. The zero-order chi connectivity index (χ0) is 16.6. The molecule has 1 aliphatic carbocycles. The number of carbonyl (C=O) groups is 1. The fourth-order valence-electron chi connectivity index (χ4n) is 2.47. The van der Waals surface area contributed by atoms with Gasteiger partial charge in [-0.25, -0.2) is 4.98 Å². The second-order valence-electron chi connectivity index (χ2n) is 6.24. The Labute approximate surface area is 148 Å². The van der Waals surface area contributed by atoms with Crippen LogP contribution in [0.3, 0.4) is 0 Å². The van der Waals surface area contributed by atoms with Crippen LogP contribution in [0.25, 0.3) is 0 Å². The van der Waals surface area contributed by atoms with Gasteiger partial charge in [0, 0.05) is 17.0 Å². The zero-order valence-electron chi connectivity index (χ0n) is 13.6. The van der Waals surface area contributed by atoms with Gasteiger partial charge in [0.25, 0.3) is 0 Å². The number of nitrogens with one attached hydrogen (secondary N) is 1. The van der Waals surface area contributed by atoms with Gasteiger partial charge in [-0.2, -0.15) is 5.10 Å². The molecule has 0 aromatic carbocycles. The third-order valence-corrected chi connectivity index (χ3v) is 6.33. The van der Waals surface area contributed by atoms with E-state index < -0.39 is 0 Å². The molecule has 7 heteroatoms. The van der Waals surface area contributed by atoms with Gasteiger partial charge in [0.1, 0.15) is 0 Å². The molecule has 1 fully saturated rings. The van der Waals surface area contributed by atoms with Crippen LogP contribution in [0.1, 0.15) is 47.8 Å². The van der Waals surface area contributed by atoms with Gasteiger partial charge in [-0.1, -0.05) is 6.92 Å². The molecule has 0 aliphatic heterocycles. The van der Waals surface area contributed by atoms with Crippen LogP contribution in [0.5, 0.6) is 0 Å². The normalized spacial score (nSPS) is 15.7. The van der Waals surface area contributed by atoms with Gasteiger partial charge in [-0.3, -0.25) is 9.48 Å². The van der Waals surface area contributed by atoms with E-state index in [1.54, 1.807) is 11.3 Å². The van der Waals surface area contributed by atoms with Gasteiger partial charge in [0.05, 0.1) is 39.9 Å². The maximum atomic E-state index is 12.3. The number of rotatable bonds is 6. The molecule has 0 radical (unpaired) electrons. The molecule has 0 saturated heterocycles. The molecule has 2 aromatic rings. The van der Waals surface area contributed by atoms with Crippen LogP contribution in [-0.2, 0) is 17.9 Å². The van der Waals surface area contributed by atoms with E-state index in [9.17, 15) is 4.79 Å². The Kier molecular flexibility index (Phi) is 4.87. The molecular weight excluding hydrogens is 376 g/mol. The molecule has 1 aliphatic rings. The van der Waals surface area contributed by atoms with Gasteiger partial charge in [-0.05, 0) is 42.6 Å². The van der Waals surface area contributed by atoms with Crippen LogP contribution in [0, 0.1) is 19.8 Å². The first kappa shape index (κ1) is 16.6. The van der Waals surface area contributed by atoms with Gasteiger partial charge in [0.2, 0.25) is 5.91 Å². The summed E-state index contributed by atoms with van der Waals surface area (Å²) in [5.74, 6) is 0.573. The lowest BCUT2D eigenvalue weighted by molar-refractivity contribution is -0.125. The molecule has 23 heavy (non-hydrogen) atoms. The minimum Gasteiger partial charge on any atom is -0.350 e. The number of amides is 1. The van der Waals surface area contributed by atoms with Crippen molar-refractivity contribution < 1.29 is 4.79 Å². The highest BCUT2D eigenvalue weighted by molar-refractivity contribution is 9.10. The van der Waals surface area contributed by atoms with E-state index in [0.717, 1.165) is 21.6 Å². The lowest BCUT2D eigenvalue weighted by Gasteiger charge is -2.13. The molecule has 1 unspecified atom stereocenters. The Morgan fingerprint density at radius 3 is 2.87 bits per heavy atom. The lowest BCUT2D eigenvalue weighted by atomic mass is 10.1. The van der Waals surface area contributed by atoms with Crippen LogP contribution in [-0.4, -0.2) is 20.7 Å². The Morgan fingerprint density at radius 1 is 1.52 bits per heavy atom. The molecule has 124 valence electrons. The molecule has 3 rings (SSSR count). The summed E-state index contributed by atoms with van der Waals surface area (Å²) < 4.78 is 2.90. The lowest BCUT2D eigenvalue weighted by Crippen LogP contribution is -2.31. The second-order valence-corrected chi connectivity index (χ2v) is 7.92. The molecule has 0 spiro atoms. The Hall–Kier alpha value is -1.21. The summed E-state index contributed by atoms with van der Waals surface area (Å²) in [4.78, 5) is 16.9. The summed E-state index contributed by atoms with van der Waals surface area (Å²) in [6, 6.07) is 0. The summed E-state index contributed by atoms with van der Waals surface area (Å²) in [6.07, 6.45) is 2.52. The average molecular weight is 397 g/mol. The minimum absolute atomic E-state index is 0.0367. The Morgan fingerprint density at radius 2 is 2.26 bits per heavy atom. The summed E-state index contributed by atoms with van der Waals surface area (Å²) in [5, 5.41) is 10.7. The van der Waals surface area contributed by atoms with Crippen molar-refractivity contribution in [3.05, 3.63) is 31.9 Å². The monoisotopic (exact) mass is 396 g/mol. The highest BCUT2D eigenvalue weighted by atomic mass is 79.9. The number of aromatic nitrogens is 3. The summed E-state index contributed by atoms with van der Waals surface area (Å²) >= 11 is 5.22. The van der Waals surface area contributed by atoms with Crippen LogP contribution in [0.2, 0.25) is 0 Å². The number of aryl methyl sites for hydroxylation is 1. The fraction of sp³-hybridized carbons (Fsp3) is 0.562. The predicted octanol–water partition coefficient (Wildman–Crippen LogP) is 3.55. The van der Waals surface area contributed by atoms with Crippen LogP contribution < -0.4 is 5.32 Å². The van der Waals surface area contributed by atoms with Crippen molar-refractivity contribution in [3.8, 4) is 0 Å². The van der Waals surface area contributed by atoms with E-state index in [0.29, 0.717) is 19.0 Å². The fourth-order valence-corrected chi connectivity index (χ4v) is 3.74. The van der Waals surface area contributed by atoms with Crippen molar-refractivity contribution in [1.29, 1.82) is 0 Å². The van der Waals surface area contributed by atoms with Crippen molar-refractivity contribution >= 4 is 33.2 Å². The third kappa shape index (κ3) is 3.83. The maximum absolute atomic E-state index is 12.3. The highest BCUT2D eigenvalue weighted by Crippen LogP contribution is 2.41. The number of thiazole rings is 1. The molecule has 5 nitrogen and oxygen atoms in total. The SMILES string of the molecule is Cc1nn(CC(C)C(=O)NCc2csc(C3CC3)n2)c(C)c1Br. The predicted molar refractivity (Wildman–Crippen MR) is 94.5 cm³/mol. The number of hydrogen-bond donors (Lipinski definition) is 1. The number of nitrogens with zero attached hydrogens (tertiary/aromatic N) is 3. The highest BCUT2D eigenvalue weighted by Gasteiger charge is 2.26. The van der Waals surface area contributed by atoms with Gasteiger partial charge in [0.15, 0.2) is 0 Å². The first-order valence-corrected chi connectivity index (χ1v) is 9.54. The van der Waals surface area contributed by atoms with Crippen molar-refractivity contribution in [1.82, 2.24) is 20.1 Å². The molecule has 1 amide bonds. The van der Waals surface area contributed by atoms with Gasteiger partial charge in [-0.15, -0.1) is 11.3 Å². The van der Waals surface area contributed by atoms with Crippen molar-refractivity contribution in [2.24, 2.45) is 5.92 Å². The summed E-state index contributed by atoms with van der Waals surface area (Å²) in [5.41, 5.74) is 2.97. The number of halogens is 1. The van der Waals surface area contributed by atoms with E-state index in [-0.39, 0.29) is 11.8 Å². The Bertz CT molecular complexity index is 720. The van der Waals surface area contributed by atoms with Crippen molar-refractivity contribution in [3.63, 3.8) is 0 Å². The quantitative estimate of drug-likeness (QED) is 0.811. The van der Waals surface area contributed by atoms with E-state index >= 15 is 0 Å². The van der Waals surface area contributed by atoms with Crippen molar-refractivity contribution in [2.45, 2.75) is 52.6 Å². The molecule has 0 bridgehead atoms. The summed E-state index contributed by atoms with van der Waals surface area (Å²) in [6.45, 7) is 6.97. The summed E-state index contributed by atoms with van der Waals surface area (Å²) in [7, 11) is 0. The van der Waals surface area contributed by atoms with Crippen LogP contribution >= 0.6 is 27.3 Å². The second kappa shape index (κ2) is 6.73. The van der Waals surface area contributed by atoms with Crippen LogP contribution in [0.15, 0.2) is 9.85 Å². The molecular formula is C16H21BrN4OS. The molecule has 1 saturated carbocycles. The van der Waals surface area contributed by atoms with Gasteiger partial charge >= 0.3 is 0 Å². The molecule has 1 N–H and O–H groups in total. The molecule has 2 heterocycles. The van der Waals surface area contributed by atoms with E-state index in [2.05, 4.69) is 36.7 Å². The molecule has 2 aromatic heterocycles. The van der Waals surface area contributed by atoms with Crippen molar-refractivity contribution in [2.75, 3.05) is 0 Å². The average Bonchev–Trinajstić information content (AvgIpc) is 3.23. The van der Waals surface area contributed by atoms with E-state index in [4.69, 9.17) is 0 Å². The largest absolute Gasteiger partial charge is 0.350 e. The molecule has 1 atom stereocenters. The smallest absolute Gasteiger partial charge is 0.225 e. The minimum atomic E-state index is -0.138. The van der Waals surface area contributed by atoms with Gasteiger partial charge < -0.3 is 5.32 Å². The Balaban J connectivity index is 1.53. The van der Waals surface area contributed by atoms with E-state index in [1.807, 2.05) is 25.5 Å². The first-order valence-electron chi connectivity index (χ1n) is 7.87. The van der Waals surface area contributed by atoms with Crippen LogP contribution in [0.4, 0.5) is 0 Å². The number of carbonyl (C=O) groups excluding carboxylic acids is 1.